The summed E-state index contributed by atoms with van der Waals surface area (Å²) in [4.78, 5) is 1.39. The number of methoxy groups -OCH3 is 1. The molecule has 0 saturated heterocycles. The summed E-state index contributed by atoms with van der Waals surface area (Å²) in [6, 6.07) is 5.25. The van der Waals surface area contributed by atoms with Gasteiger partial charge in [0.05, 0.1) is 16.9 Å². The van der Waals surface area contributed by atoms with E-state index < -0.39 is 20.5 Å². The van der Waals surface area contributed by atoms with Crippen LogP contribution >= 0.6 is 11.6 Å². The van der Waals surface area contributed by atoms with E-state index in [-0.39, 0.29) is 5.38 Å². The molecule has 114 valence electrons. The van der Waals surface area contributed by atoms with E-state index in [1.807, 2.05) is 0 Å². The molecule has 0 aliphatic heterocycles. The molecule has 0 saturated carbocycles. The first-order chi connectivity index (χ1) is 9.28. The lowest BCUT2D eigenvalue weighted by Gasteiger charge is -2.22. The average Bonchev–Trinajstić information content (AvgIpc) is 2.38. The second kappa shape index (κ2) is 7.19. The van der Waals surface area contributed by atoms with Gasteiger partial charge in [0.25, 0.3) is 0 Å². The van der Waals surface area contributed by atoms with Crippen LogP contribution in [0.15, 0.2) is 29.2 Å². The van der Waals surface area contributed by atoms with Gasteiger partial charge in [0.15, 0.2) is 0 Å². The van der Waals surface area contributed by atoms with Crippen LogP contribution in [0.4, 0.5) is 14.5 Å². The van der Waals surface area contributed by atoms with Gasteiger partial charge in [0, 0.05) is 26.4 Å². The predicted molar refractivity (Wildman–Crippen MR) is 74.4 cm³/mol. The number of benzene rings is 1. The van der Waals surface area contributed by atoms with E-state index >= 15 is 0 Å². The van der Waals surface area contributed by atoms with E-state index in [0.29, 0.717) is 18.8 Å². The monoisotopic (exact) mass is 327 g/mol. The van der Waals surface area contributed by atoms with Crippen LogP contribution in [0, 0.1) is 0 Å². The quantitative estimate of drug-likeness (QED) is 0.721. The number of alkyl halides is 3. The Balaban J connectivity index is 2.81. The van der Waals surface area contributed by atoms with E-state index in [2.05, 4.69) is 0 Å². The number of halogens is 3. The molecule has 1 atom stereocenters. The molecule has 0 amide bonds. The molecule has 0 spiro atoms. The highest BCUT2D eigenvalue weighted by molar-refractivity contribution is 7.91. The van der Waals surface area contributed by atoms with Crippen molar-refractivity contribution in [1.82, 2.24) is 0 Å². The van der Waals surface area contributed by atoms with E-state index in [9.17, 15) is 17.2 Å². The molecule has 0 aliphatic carbocycles. The van der Waals surface area contributed by atoms with E-state index in [1.165, 1.54) is 12.1 Å². The van der Waals surface area contributed by atoms with E-state index in [1.54, 1.807) is 19.1 Å². The van der Waals surface area contributed by atoms with E-state index in [0.717, 1.165) is 12.1 Å². The van der Waals surface area contributed by atoms with Crippen molar-refractivity contribution in [1.29, 1.82) is 0 Å². The molecular weight excluding hydrogens is 312 g/mol. The molecule has 0 N–H and O–H groups in total. The highest BCUT2D eigenvalue weighted by Gasteiger charge is 2.26. The summed E-state index contributed by atoms with van der Waals surface area (Å²) < 4.78 is 52.2. The minimum atomic E-state index is -4.55. The smallest absolute Gasteiger partial charge is 0.341 e. The summed E-state index contributed by atoms with van der Waals surface area (Å²) in [5.41, 5.74) is 0.681. The fraction of sp³-hybridized carbons (Fsp3) is 0.500. The Bertz CT molecular complexity index is 522. The van der Waals surface area contributed by atoms with Crippen LogP contribution in [0.2, 0.25) is 0 Å². The van der Waals surface area contributed by atoms with Gasteiger partial charge >= 0.3 is 5.76 Å². The lowest BCUT2D eigenvalue weighted by atomic mass is 10.3. The van der Waals surface area contributed by atoms with Gasteiger partial charge in [-0.2, -0.15) is 8.78 Å². The molecule has 0 bridgehead atoms. The van der Waals surface area contributed by atoms with Gasteiger partial charge in [-0.3, -0.25) is 0 Å². The maximum Gasteiger partial charge on any atom is 0.341 e. The molecular formula is C12H16ClF2NO3S. The number of nitrogens with zero attached hydrogens (tertiary/aromatic N) is 1. The number of hydrogen-bond donors (Lipinski definition) is 0. The highest BCUT2D eigenvalue weighted by atomic mass is 35.5. The number of ether oxygens (including phenoxy) is 1. The summed E-state index contributed by atoms with van der Waals surface area (Å²) in [5.74, 6) is -3.42. The minimum absolute atomic E-state index is 0.227. The molecule has 1 unspecified atom stereocenters. The molecule has 1 aromatic carbocycles. The Hall–Kier alpha value is -0.920. The number of rotatable bonds is 7. The van der Waals surface area contributed by atoms with Crippen LogP contribution in [0.25, 0.3) is 0 Å². The molecule has 20 heavy (non-hydrogen) atoms. The first-order valence-electron chi connectivity index (χ1n) is 5.75. The zero-order chi connectivity index (χ0) is 15.3. The average molecular weight is 328 g/mol. The van der Waals surface area contributed by atoms with Crippen LogP contribution in [-0.4, -0.2) is 46.9 Å². The third-order valence-corrected chi connectivity index (χ3v) is 4.32. The fourth-order valence-electron chi connectivity index (χ4n) is 1.63. The van der Waals surface area contributed by atoms with Gasteiger partial charge in [-0.25, -0.2) is 8.42 Å². The minimum Gasteiger partial charge on any atom is -0.383 e. The van der Waals surface area contributed by atoms with Crippen molar-refractivity contribution in [3.8, 4) is 0 Å². The zero-order valence-corrected chi connectivity index (χ0v) is 12.7. The van der Waals surface area contributed by atoms with E-state index in [4.69, 9.17) is 16.3 Å². The molecule has 0 radical (unpaired) electrons. The second-order valence-electron chi connectivity index (χ2n) is 4.23. The summed E-state index contributed by atoms with van der Waals surface area (Å²) in [6.45, 7) is 0.861. The van der Waals surface area contributed by atoms with Gasteiger partial charge in [-0.05, 0) is 24.3 Å². The Kier molecular flexibility index (Phi) is 6.16. The number of anilines is 1. The first kappa shape index (κ1) is 17.1. The van der Waals surface area contributed by atoms with Crippen molar-refractivity contribution in [2.45, 2.75) is 16.0 Å². The molecule has 8 heteroatoms. The Morgan fingerprint density at radius 3 is 2.30 bits per heavy atom. The van der Waals surface area contributed by atoms with Crippen molar-refractivity contribution in [2.75, 3.05) is 32.2 Å². The standard InChI is InChI=1S/C12H16ClF2NO3S/c1-16(7-9(13)8-19-2)10-3-5-11(6-4-10)20(17,18)12(14)15/h3-6,9,12H,7-8H2,1-2H3. The SMILES string of the molecule is COCC(Cl)CN(C)c1ccc(S(=O)(=O)C(F)F)cc1. The fourth-order valence-corrected chi connectivity index (χ4v) is 2.68. The normalized spacial score (nSPS) is 13.5. The topological polar surface area (TPSA) is 46.6 Å². The second-order valence-corrected chi connectivity index (χ2v) is 6.77. The summed E-state index contributed by atoms with van der Waals surface area (Å²) in [7, 11) is -1.24. The number of hydrogen-bond acceptors (Lipinski definition) is 4. The predicted octanol–water partition coefficient (Wildman–Crippen LogP) is 2.37. The molecule has 0 aromatic heterocycles. The lowest BCUT2D eigenvalue weighted by molar-refractivity contribution is 0.199. The number of sulfone groups is 1. The molecule has 0 fully saturated rings. The molecule has 0 aliphatic rings. The third kappa shape index (κ3) is 4.29. The van der Waals surface area contributed by atoms with Gasteiger partial charge < -0.3 is 9.64 Å². The van der Waals surface area contributed by atoms with Gasteiger partial charge in [0.2, 0.25) is 9.84 Å². The third-order valence-electron chi connectivity index (χ3n) is 2.66. The van der Waals surface area contributed by atoms with Crippen molar-refractivity contribution in [3.05, 3.63) is 24.3 Å². The van der Waals surface area contributed by atoms with Gasteiger partial charge in [-0.15, -0.1) is 11.6 Å². The molecule has 0 heterocycles. The van der Waals surface area contributed by atoms with Crippen LogP contribution in [0.3, 0.4) is 0 Å². The van der Waals surface area contributed by atoms with Crippen molar-refractivity contribution in [2.24, 2.45) is 0 Å². The van der Waals surface area contributed by atoms with Gasteiger partial charge in [-0.1, -0.05) is 0 Å². The van der Waals surface area contributed by atoms with Crippen LogP contribution in [0.5, 0.6) is 0 Å². The van der Waals surface area contributed by atoms with Crippen molar-refractivity contribution < 1.29 is 21.9 Å². The van der Waals surface area contributed by atoms with Crippen LogP contribution < -0.4 is 4.90 Å². The Morgan fingerprint density at radius 2 is 1.85 bits per heavy atom. The molecule has 4 nitrogen and oxygen atoms in total. The summed E-state index contributed by atoms with van der Waals surface area (Å²) in [5, 5.41) is -0.227. The van der Waals surface area contributed by atoms with Crippen molar-refractivity contribution >= 4 is 27.1 Å². The zero-order valence-electron chi connectivity index (χ0n) is 11.1. The van der Waals surface area contributed by atoms with Crippen molar-refractivity contribution in [3.63, 3.8) is 0 Å². The Labute approximate surface area is 122 Å². The Morgan fingerprint density at radius 1 is 1.30 bits per heavy atom. The molecule has 1 aromatic rings. The maximum atomic E-state index is 12.4. The van der Waals surface area contributed by atoms with Crippen LogP contribution in [0.1, 0.15) is 0 Å². The largest absolute Gasteiger partial charge is 0.383 e. The first-order valence-corrected chi connectivity index (χ1v) is 7.73. The lowest BCUT2D eigenvalue weighted by Crippen LogP contribution is -2.28. The highest BCUT2D eigenvalue weighted by Crippen LogP contribution is 2.22. The summed E-state index contributed by atoms with van der Waals surface area (Å²) in [6.07, 6.45) is 0. The summed E-state index contributed by atoms with van der Waals surface area (Å²) >= 11 is 6.01. The van der Waals surface area contributed by atoms with Gasteiger partial charge in [0.1, 0.15) is 0 Å². The van der Waals surface area contributed by atoms with Crippen LogP contribution in [-0.2, 0) is 14.6 Å². The maximum absolute atomic E-state index is 12.4. The molecule has 1 rings (SSSR count).